The molecule has 5 nitrogen and oxygen atoms in total. The highest BCUT2D eigenvalue weighted by Crippen LogP contribution is 2.33. The van der Waals surface area contributed by atoms with Gasteiger partial charge in [0.1, 0.15) is 11.6 Å². The van der Waals surface area contributed by atoms with Crippen LogP contribution in [0, 0.1) is 6.92 Å². The molecule has 3 aromatic rings. The van der Waals surface area contributed by atoms with Gasteiger partial charge in [-0.1, -0.05) is 12.1 Å². The van der Waals surface area contributed by atoms with Crippen LogP contribution in [0.5, 0.6) is 0 Å². The molecule has 1 saturated heterocycles. The van der Waals surface area contributed by atoms with Crippen molar-refractivity contribution < 1.29 is 0 Å². The van der Waals surface area contributed by atoms with Crippen LogP contribution in [0.25, 0.3) is 0 Å². The van der Waals surface area contributed by atoms with Crippen LogP contribution in [-0.2, 0) is 6.54 Å². The number of nitrogens with one attached hydrogen (secondary N) is 1. The summed E-state index contributed by atoms with van der Waals surface area (Å²) in [6, 6.07) is 16.7. The first-order valence-corrected chi connectivity index (χ1v) is 9.08. The Morgan fingerprint density at radius 2 is 1.96 bits per heavy atom. The Hall–Kier alpha value is -2.79. The number of anilines is 2. The fourth-order valence-corrected chi connectivity index (χ4v) is 3.58. The maximum atomic E-state index is 4.66. The monoisotopic (exact) mass is 345 g/mol. The van der Waals surface area contributed by atoms with Gasteiger partial charge in [-0.3, -0.25) is 9.88 Å². The van der Waals surface area contributed by atoms with E-state index in [1.54, 1.807) is 6.20 Å². The third-order valence-electron chi connectivity index (χ3n) is 4.76. The van der Waals surface area contributed by atoms with Gasteiger partial charge in [-0.05, 0) is 68.3 Å². The zero-order chi connectivity index (χ0) is 17.8. The number of pyridine rings is 3. The normalized spacial score (nSPS) is 17.3. The molecule has 1 aliphatic rings. The minimum Gasteiger partial charge on any atom is -0.325 e. The molecule has 0 amide bonds. The maximum Gasteiger partial charge on any atom is 0.131 e. The lowest BCUT2D eigenvalue weighted by Crippen LogP contribution is -2.23. The number of nitrogens with zero attached hydrogens (tertiary/aromatic N) is 4. The molecule has 1 aliphatic heterocycles. The topological polar surface area (TPSA) is 53.9 Å². The van der Waals surface area contributed by atoms with Crippen molar-refractivity contribution in [1.82, 2.24) is 19.9 Å². The molecule has 1 N–H and O–H groups in total. The summed E-state index contributed by atoms with van der Waals surface area (Å²) in [7, 11) is 0. The Balaban J connectivity index is 1.51. The lowest BCUT2D eigenvalue weighted by atomic mass is 10.1. The average Bonchev–Trinajstić information content (AvgIpc) is 3.11. The Labute approximate surface area is 154 Å². The summed E-state index contributed by atoms with van der Waals surface area (Å²) in [5.41, 5.74) is 3.50. The predicted molar refractivity (Wildman–Crippen MR) is 103 cm³/mol. The smallest absolute Gasteiger partial charge is 0.131 e. The van der Waals surface area contributed by atoms with Crippen LogP contribution in [0.15, 0.2) is 60.9 Å². The molecular formula is C21H23N5. The second-order valence-corrected chi connectivity index (χ2v) is 6.71. The summed E-state index contributed by atoms with van der Waals surface area (Å²) in [6.07, 6.45) is 6.03. The third kappa shape index (κ3) is 3.89. The molecule has 1 atom stereocenters. The first-order chi connectivity index (χ1) is 12.8. The van der Waals surface area contributed by atoms with E-state index in [9.17, 15) is 0 Å². The van der Waals surface area contributed by atoms with Crippen LogP contribution in [0.1, 0.15) is 35.8 Å². The van der Waals surface area contributed by atoms with Crippen LogP contribution in [0.2, 0.25) is 0 Å². The molecule has 0 aliphatic carbocycles. The number of hydrogen-bond donors (Lipinski definition) is 1. The number of aryl methyl sites for hydroxylation is 1. The van der Waals surface area contributed by atoms with Crippen LogP contribution in [0.3, 0.4) is 0 Å². The van der Waals surface area contributed by atoms with E-state index in [1.807, 2.05) is 37.4 Å². The Kier molecular flexibility index (Phi) is 4.88. The van der Waals surface area contributed by atoms with E-state index >= 15 is 0 Å². The third-order valence-corrected chi connectivity index (χ3v) is 4.76. The Morgan fingerprint density at radius 3 is 2.81 bits per heavy atom. The fraction of sp³-hybridized carbons (Fsp3) is 0.286. The van der Waals surface area contributed by atoms with Gasteiger partial charge in [0.2, 0.25) is 0 Å². The summed E-state index contributed by atoms with van der Waals surface area (Å²) in [4.78, 5) is 15.9. The van der Waals surface area contributed by atoms with Crippen molar-refractivity contribution in [2.45, 2.75) is 32.4 Å². The second-order valence-electron chi connectivity index (χ2n) is 6.71. The van der Waals surface area contributed by atoms with E-state index in [1.165, 1.54) is 18.4 Å². The molecule has 4 rings (SSSR count). The number of rotatable bonds is 5. The van der Waals surface area contributed by atoms with Crippen molar-refractivity contribution in [3.63, 3.8) is 0 Å². The molecular weight excluding hydrogens is 322 g/mol. The quantitative estimate of drug-likeness (QED) is 0.749. The van der Waals surface area contributed by atoms with E-state index in [0.29, 0.717) is 6.04 Å². The highest BCUT2D eigenvalue weighted by molar-refractivity contribution is 5.52. The maximum absolute atomic E-state index is 4.66. The number of hydrogen-bond acceptors (Lipinski definition) is 5. The van der Waals surface area contributed by atoms with E-state index in [-0.39, 0.29) is 0 Å². The fourth-order valence-electron chi connectivity index (χ4n) is 3.58. The average molecular weight is 345 g/mol. The minimum absolute atomic E-state index is 0.407. The predicted octanol–water partition coefficient (Wildman–Crippen LogP) is 4.26. The lowest BCUT2D eigenvalue weighted by molar-refractivity contribution is 0.245. The summed E-state index contributed by atoms with van der Waals surface area (Å²) in [5, 5.41) is 3.29. The zero-order valence-electron chi connectivity index (χ0n) is 15.0. The first kappa shape index (κ1) is 16.7. The van der Waals surface area contributed by atoms with Crippen molar-refractivity contribution in [1.29, 1.82) is 0 Å². The van der Waals surface area contributed by atoms with Gasteiger partial charge < -0.3 is 5.32 Å². The molecule has 0 unspecified atom stereocenters. The molecule has 0 aromatic carbocycles. The Morgan fingerprint density at radius 1 is 1.04 bits per heavy atom. The molecule has 3 aromatic heterocycles. The van der Waals surface area contributed by atoms with Crippen LogP contribution in [0.4, 0.5) is 11.6 Å². The van der Waals surface area contributed by atoms with Crippen LogP contribution < -0.4 is 5.32 Å². The van der Waals surface area contributed by atoms with Gasteiger partial charge >= 0.3 is 0 Å². The van der Waals surface area contributed by atoms with E-state index in [4.69, 9.17) is 0 Å². The molecule has 4 heterocycles. The largest absolute Gasteiger partial charge is 0.325 e. The van der Waals surface area contributed by atoms with Gasteiger partial charge in [0, 0.05) is 30.7 Å². The molecule has 132 valence electrons. The first-order valence-electron chi connectivity index (χ1n) is 9.08. The van der Waals surface area contributed by atoms with Gasteiger partial charge in [0.15, 0.2) is 0 Å². The van der Waals surface area contributed by atoms with E-state index in [0.717, 1.165) is 36.1 Å². The highest BCUT2D eigenvalue weighted by Gasteiger charge is 2.26. The number of aromatic nitrogens is 3. The molecule has 5 heteroatoms. The van der Waals surface area contributed by atoms with Crippen molar-refractivity contribution in [3.8, 4) is 0 Å². The van der Waals surface area contributed by atoms with Gasteiger partial charge in [-0.25, -0.2) is 9.97 Å². The molecule has 0 saturated carbocycles. The van der Waals surface area contributed by atoms with Crippen molar-refractivity contribution in [3.05, 3.63) is 77.9 Å². The van der Waals surface area contributed by atoms with Gasteiger partial charge in [0.05, 0.1) is 5.69 Å². The summed E-state index contributed by atoms with van der Waals surface area (Å²) < 4.78 is 0. The lowest BCUT2D eigenvalue weighted by Gasteiger charge is -2.25. The van der Waals surface area contributed by atoms with Crippen molar-refractivity contribution in [2.75, 3.05) is 11.9 Å². The standard InChI is InChI=1S/C21H23N5/c1-16-6-4-7-18(24-16)15-26-13-5-8-19(26)17-10-12-23-21(14-17)25-20-9-2-3-11-22-20/h2-4,6-7,9-12,14,19H,5,8,13,15H2,1H3,(H,22,23,25)/t19-/m0/s1. The second kappa shape index (κ2) is 7.62. The SMILES string of the molecule is Cc1cccc(CN2CCC[C@H]2c2ccnc(Nc3ccccn3)c2)n1. The molecule has 26 heavy (non-hydrogen) atoms. The van der Waals surface area contributed by atoms with Gasteiger partial charge in [-0.2, -0.15) is 0 Å². The number of likely N-dealkylation sites (tertiary alicyclic amines) is 1. The summed E-state index contributed by atoms with van der Waals surface area (Å²) in [6.45, 7) is 4.03. The zero-order valence-corrected chi connectivity index (χ0v) is 15.0. The van der Waals surface area contributed by atoms with Crippen LogP contribution in [-0.4, -0.2) is 26.4 Å². The summed E-state index contributed by atoms with van der Waals surface area (Å²) >= 11 is 0. The van der Waals surface area contributed by atoms with Crippen LogP contribution >= 0.6 is 0 Å². The molecule has 0 radical (unpaired) electrons. The molecule has 0 bridgehead atoms. The van der Waals surface area contributed by atoms with E-state index < -0.39 is 0 Å². The van der Waals surface area contributed by atoms with Gasteiger partial charge in [0.25, 0.3) is 0 Å². The molecule has 1 fully saturated rings. The molecule has 0 spiro atoms. The summed E-state index contributed by atoms with van der Waals surface area (Å²) in [5.74, 6) is 1.64. The van der Waals surface area contributed by atoms with E-state index in [2.05, 4.69) is 49.4 Å². The Bertz CT molecular complexity index is 865. The van der Waals surface area contributed by atoms with Gasteiger partial charge in [-0.15, -0.1) is 0 Å². The highest BCUT2D eigenvalue weighted by atomic mass is 15.2. The minimum atomic E-state index is 0.407. The van der Waals surface area contributed by atoms with Crippen molar-refractivity contribution >= 4 is 11.6 Å². The van der Waals surface area contributed by atoms with Crippen molar-refractivity contribution in [2.24, 2.45) is 0 Å².